The van der Waals surface area contributed by atoms with Crippen molar-refractivity contribution in [3.8, 4) is 11.1 Å². The second-order valence-corrected chi connectivity index (χ2v) is 7.36. The summed E-state index contributed by atoms with van der Waals surface area (Å²) in [6.45, 7) is -0.260. The number of carbonyl (C=O) groups is 1. The maximum atomic E-state index is 13.7. The SMILES string of the molecule is O=C(Cn1cnc2c(-c3ccc(Cl)cc3)csc2c1=O)Nc1ccccc1F. The molecule has 0 aliphatic heterocycles. The van der Waals surface area contributed by atoms with Crippen LogP contribution in [0.4, 0.5) is 10.1 Å². The number of para-hydroxylation sites is 1. The molecule has 0 atom stereocenters. The van der Waals surface area contributed by atoms with E-state index in [9.17, 15) is 14.0 Å². The number of hydrogen-bond donors (Lipinski definition) is 1. The Bertz CT molecular complexity index is 1230. The standard InChI is InChI=1S/C20H13ClFN3O2S/c21-13-7-5-12(6-8-13)14-10-28-19-18(14)23-11-25(20(19)27)9-17(26)24-16-4-2-1-3-15(16)22/h1-8,10-11H,9H2,(H,24,26). The van der Waals surface area contributed by atoms with E-state index in [0.29, 0.717) is 15.2 Å². The zero-order valence-electron chi connectivity index (χ0n) is 14.4. The van der Waals surface area contributed by atoms with E-state index in [0.717, 1.165) is 11.1 Å². The van der Waals surface area contributed by atoms with Gasteiger partial charge in [-0.2, -0.15) is 0 Å². The molecule has 140 valence electrons. The lowest BCUT2D eigenvalue weighted by molar-refractivity contribution is -0.116. The van der Waals surface area contributed by atoms with E-state index < -0.39 is 11.7 Å². The predicted molar refractivity (Wildman–Crippen MR) is 109 cm³/mol. The van der Waals surface area contributed by atoms with E-state index in [2.05, 4.69) is 10.3 Å². The summed E-state index contributed by atoms with van der Waals surface area (Å²) in [4.78, 5) is 29.3. The van der Waals surface area contributed by atoms with E-state index in [1.165, 1.54) is 40.4 Å². The second kappa shape index (κ2) is 7.53. The zero-order chi connectivity index (χ0) is 19.7. The number of aromatic nitrogens is 2. The lowest BCUT2D eigenvalue weighted by atomic mass is 10.1. The number of halogens is 2. The van der Waals surface area contributed by atoms with Crippen molar-refractivity contribution in [2.45, 2.75) is 6.54 Å². The van der Waals surface area contributed by atoms with Crippen LogP contribution in [0.3, 0.4) is 0 Å². The molecule has 0 bridgehead atoms. The molecule has 0 aliphatic carbocycles. The molecule has 2 heterocycles. The van der Waals surface area contributed by atoms with Crippen molar-refractivity contribution in [3.63, 3.8) is 0 Å². The highest BCUT2D eigenvalue weighted by molar-refractivity contribution is 7.17. The Hall–Kier alpha value is -3.03. The quantitative estimate of drug-likeness (QED) is 0.533. The molecule has 8 heteroatoms. The first-order valence-electron chi connectivity index (χ1n) is 8.30. The van der Waals surface area contributed by atoms with Gasteiger partial charge in [-0.25, -0.2) is 9.37 Å². The molecule has 0 fully saturated rings. The topological polar surface area (TPSA) is 64.0 Å². The van der Waals surface area contributed by atoms with Crippen LogP contribution >= 0.6 is 22.9 Å². The summed E-state index contributed by atoms with van der Waals surface area (Å²) in [5, 5.41) is 4.94. The van der Waals surface area contributed by atoms with Crippen LogP contribution in [-0.4, -0.2) is 15.5 Å². The van der Waals surface area contributed by atoms with Crippen LogP contribution in [0.15, 0.2) is 65.0 Å². The van der Waals surface area contributed by atoms with E-state index in [-0.39, 0.29) is 17.8 Å². The highest BCUT2D eigenvalue weighted by atomic mass is 35.5. The van der Waals surface area contributed by atoms with Crippen molar-refractivity contribution in [2.24, 2.45) is 0 Å². The number of nitrogens with zero attached hydrogens (tertiary/aromatic N) is 2. The molecule has 0 saturated heterocycles. The minimum atomic E-state index is -0.539. The lowest BCUT2D eigenvalue weighted by Gasteiger charge is -2.08. The van der Waals surface area contributed by atoms with Crippen LogP contribution in [0.2, 0.25) is 5.02 Å². The highest BCUT2D eigenvalue weighted by Crippen LogP contribution is 2.31. The average molecular weight is 414 g/mol. The first-order chi connectivity index (χ1) is 13.5. The van der Waals surface area contributed by atoms with Gasteiger partial charge in [-0.05, 0) is 29.8 Å². The summed E-state index contributed by atoms with van der Waals surface area (Å²) in [5.41, 5.74) is 2.05. The molecule has 0 radical (unpaired) electrons. The fourth-order valence-electron chi connectivity index (χ4n) is 2.80. The third kappa shape index (κ3) is 3.54. The number of nitrogens with one attached hydrogen (secondary N) is 1. The highest BCUT2D eigenvalue weighted by Gasteiger charge is 2.14. The lowest BCUT2D eigenvalue weighted by Crippen LogP contribution is -2.27. The number of carbonyl (C=O) groups excluding carboxylic acids is 1. The third-order valence-electron chi connectivity index (χ3n) is 4.16. The Labute approximate surface area is 168 Å². The number of anilines is 1. The van der Waals surface area contributed by atoms with E-state index in [1.54, 1.807) is 18.2 Å². The van der Waals surface area contributed by atoms with E-state index in [4.69, 9.17) is 11.6 Å². The van der Waals surface area contributed by atoms with Gasteiger partial charge in [-0.15, -0.1) is 11.3 Å². The van der Waals surface area contributed by atoms with Gasteiger partial charge in [0, 0.05) is 16.0 Å². The zero-order valence-corrected chi connectivity index (χ0v) is 15.9. The van der Waals surface area contributed by atoms with Crippen molar-refractivity contribution in [2.75, 3.05) is 5.32 Å². The van der Waals surface area contributed by atoms with Gasteiger partial charge in [0.1, 0.15) is 17.1 Å². The molecular formula is C20H13ClFN3O2S. The number of benzene rings is 2. The summed E-state index contributed by atoms with van der Waals surface area (Å²) in [7, 11) is 0. The van der Waals surface area contributed by atoms with Gasteiger partial charge in [0.25, 0.3) is 5.56 Å². The Morgan fingerprint density at radius 2 is 1.93 bits per heavy atom. The summed E-state index contributed by atoms with van der Waals surface area (Å²) >= 11 is 7.19. The van der Waals surface area contributed by atoms with Crippen LogP contribution in [0.5, 0.6) is 0 Å². The molecule has 4 rings (SSSR count). The molecule has 2 aromatic heterocycles. The number of hydrogen-bond acceptors (Lipinski definition) is 4. The predicted octanol–water partition coefficient (Wildman–Crippen LogP) is 4.56. The summed E-state index contributed by atoms with van der Waals surface area (Å²) in [5.74, 6) is -1.05. The number of amides is 1. The van der Waals surface area contributed by atoms with Gasteiger partial charge in [0.05, 0.1) is 17.5 Å². The monoisotopic (exact) mass is 413 g/mol. The van der Waals surface area contributed by atoms with Crippen LogP contribution in [0.25, 0.3) is 21.3 Å². The van der Waals surface area contributed by atoms with Gasteiger partial charge < -0.3 is 5.32 Å². The van der Waals surface area contributed by atoms with E-state index >= 15 is 0 Å². The Morgan fingerprint density at radius 3 is 2.68 bits per heavy atom. The maximum Gasteiger partial charge on any atom is 0.271 e. The minimum absolute atomic E-state index is 0.0655. The molecule has 2 aromatic carbocycles. The summed E-state index contributed by atoms with van der Waals surface area (Å²) < 4.78 is 15.3. The summed E-state index contributed by atoms with van der Waals surface area (Å²) in [6, 6.07) is 13.1. The Balaban J connectivity index is 1.62. The molecule has 28 heavy (non-hydrogen) atoms. The Morgan fingerprint density at radius 1 is 1.18 bits per heavy atom. The fraction of sp³-hybridized carbons (Fsp3) is 0.0500. The number of fused-ring (bicyclic) bond motifs is 1. The second-order valence-electron chi connectivity index (χ2n) is 6.04. The van der Waals surface area contributed by atoms with Gasteiger partial charge in [-0.3, -0.25) is 14.2 Å². The first-order valence-corrected chi connectivity index (χ1v) is 9.55. The molecule has 1 amide bonds. The van der Waals surface area contributed by atoms with Gasteiger partial charge in [0.15, 0.2) is 0 Å². The van der Waals surface area contributed by atoms with Gasteiger partial charge in [0.2, 0.25) is 5.91 Å². The number of rotatable bonds is 4. The molecule has 4 aromatic rings. The van der Waals surface area contributed by atoms with Crippen molar-refractivity contribution < 1.29 is 9.18 Å². The summed E-state index contributed by atoms with van der Waals surface area (Å²) in [6.07, 6.45) is 1.33. The first kappa shape index (κ1) is 18.3. The van der Waals surface area contributed by atoms with Crippen LogP contribution in [0, 0.1) is 5.82 Å². The molecule has 0 unspecified atom stereocenters. The normalized spacial score (nSPS) is 10.9. The molecular weight excluding hydrogens is 401 g/mol. The van der Waals surface area contributed by atoms with Crippen LogP contribution < -0.4 is 10.9 Å². The molecule has 0 saturated carbocycles. The van der Waals surface area contributed by atoms with Gasteiger partial charge in [-0.1, -0.05) is 35.9 Å². The molecule has 5 nitrogen and oxygen atoms in total. The molecule has 0 spiro atoms. The maximum absolute atomic E-state index is 13.7. The largest absolute Gasteiger partial charge is 0.322 e. The van der Waals surface area contributed by atoms with Crippen molar-refractivity contribution in [3.05, 3.63) is 81.4 Å². The Kier molecular flexibility index (Phi) is 4.93. The van der Waals surface area contributed by atoms with Crippen molar-refractivity contribution in [1.29, 1.82) is 0 Å². The molecule has 1 N–H and O–H groups in total. The fourth-order valence-corrected chi connectivity index (χ4v) is 3.90. The van der Waals surface area contributed by atoms with Crippen LogP contribution in [0.1, 0.15) is 0 Å². The third-order valence-corrected chi connectivity index (χ3v) is 5.37. The molecule has 0 aliphatic rings. The average Bonchev–Trinajstić information content (AvgIpc) is 3.11. The number of thiophene rings is 1. The van der Waals surface area contributed by atoms with Crippen LogP contribution in [-0.2, 0) is 11.3 Å². The van der Waals surface area contributed by atoms with Gasteiger partial charge >= 0.3 is 0 Å². The van der Waals surface area contributed by atoms with E-state index in [1.807, 2.05) is 17.5 Å². The smallest absolute Gasteiger partial charge is 0.271 e. The van der Waals surface area contributed by atoms with Crippen molar-refractivity contribution in [1.82, 2.24) is 9.55 Å². The van der Waals surface area contributed by atoms with Crippen molar-refractivity contribution >= 4 is 44.7 Å². The minimum Gasteiger partial charge on any atom is -0.322 e.